The van der Waals surface area contributed by atoms with Crippen LogP contribution in [-0.4, -0.2) is 29.6 Å². The Hall–Kier alpha value is -1.02. The van der Waals surface area contributed by atoms with Crippen LogP contribution >= 0.6 is 0 Å². The molecule has 1 aromatic carbocycles. The molecule has 1 saturated carbocycles. The molecule has 2 bridgehead atoms. The molecule has 1 saturated heterocycles. The highest BCUT2D eigenvalue weighted by Gasteiger charge is 2.52. The summed E-state index contributed by atoms with van der Waals surface area (Å²) in [4.78, 5) is 2.57. The van der Waals surface area contributed by atoms with Crippen LogP contribution in [0.4, 0.5) is 0 Å². The molecular weight excluding hydrogens is 234 g/mol. The minimum atomic E-state index is 0.427. The van der Waals surface area contributed by atoms with Gasteiger partial charge in [0.15, 0.2) is 0 Å². The van der Waals surface area contributed by atoms with Crippen LogP contribution in [0.5, 0.6) is 5.75 Å². The van der Waals surface area contributed by atoms with Gasteiger partial charge in [0, 0.05) is 11.5 Å². The molecule has 2 nitrogen and oxygen atoms in total. The van der Waals surface area contributed by atoms with Crippen LogP contribution in [0.25, 0.3) is 0 Å². The van der Waals surface area contributed by atoms with Crippen LogP contribution in [0.2, 0.25) is 0 Å². The first-order chi connectivity index (χ1) is 9.21. The lowest BCUT2D eigenvalue weighted by atomic mass is 9.52. The maximum Gasteiger partial charge on any atom is 0.115 e. The van der Waals surface area contributed by atoms with Gasteiger partial charge in [-0.2, -0.15) is 0 Å². The lowest BCUT2D eigenvalue weighted by molar-refractivity contribution is 0.00280. The fraction of sp³-hybridized carbons (Fsp3) is 0.647. The van der Waals surface area contributed by atoms with Crippen molar-refractivity contribution in [3.8, 4) is 5.75 Å². The fourth-order valence-electron chi connectivity index (χ4n) is 5.21. The molecule has 1 aromatic rings. The van der Waals surface area contributed by atoms with Crippen molar-refractivity contribution in [2.45, 2.75) is 50.0 Å². The van der Waals surface area contributed by atoms with Crippen molar-refractivity contribution in [3.05, 3.63) is 29.3 Å². The zero-order valence-electron chi connectivity index (χ0n) is 11.7. The SMILES string of the molecule is CN1CC[C@]23CCCC[C@H]2[C@@H]1Cc1cc(O)ccc13. The van der Waals surface area contributed by atoms with Crippen molar-refractivity contribution in [2.24, 2.45) is 5.92 Å². The summed E-state index contributed by atoms with van der Waals surface area (Å²) in [6, 6.07) is 6.85. The second kappa shape index (κ2) is 3.99. The zero-order chi connectivity index (χ0) is 13.0. The van der Waals surface area contributed by atoms with Crippen molar-refractivity contribution in [1.29, 1.82) is 0 Å². The lowest BCUT2D eigenvalue weighted by Gasteiger charge is -2.58. The molecule has 2 aliphatic carbocycles. The molecule has 2 heteroatoms. The second-order valence-corrected chi connectivity index (χ2v) is 6.85. The Morgan fingerprint density at radius 3 is 3.05 bits per heavy atom. The number of hydrogen-bond acceptors (Lipinski definition) is 2. The summed E-state index contributed by atoms with van der Waals surface area (Å²) in [5, 5.41) is 9.80. The lowest BCUT2D eigenvalue weighted by Crippen LogP contribution is -2.59. The Kier molecular flexibility index (Phi) is 2.47. The Balaban J connectivity index is 1.90. The average Bonchev–Trinajstić information content (AvgIpc) is 2.42. The number of rotatable bonds is 0. The molecule has 0 aromatic heterocycles. The Morgan fingerprint density at radius 1 is 1.26 bits per heavy atom. The summed E-state index contributed by atoms with van der Waals surface area (Å²) in [5.41, 5.74) is 3.41. The van der Waals surface area contributed by atoms with Gasteiger partial charge in [-0.05, 0) is 68.5 Å². The largest absolute Gasteiger partial charge is 0.508 e. The van der Waals surface area contributed by atoms with Gasteiger partial charge in [-0.25, -0.2) is 0 Å². The van der Waals surface area contributed by atoms with Gasteiger partial charge >= 0.3 is 0 Å². The third kappa shape index (κ3) is 1.53. The number of aromatic hydroxyl groups is 1. The zero-order valence-corrected chi connectivity index (χ0v) is 11.7. The molecule has 1 aliphatic heterocycles. The van der Waals surface area contributed by atoms with E-state index in [0.29, 0.717) is 17.2 Å². The second-order valence-electron chi connectivity index (χ2n) is 6.85. The summed E-state index contributed by atoms with van der Waals surface area (Å²) in [6.07, 6.45) is 7.99. The molecule has 1 N–H and O–H groups in total. The van der Waals surface area contributed by atoms with Gasteiger partial charge in [-0.15, -0.1) is 0 Å². The van der Waals surface area contributed by atoms with Crippen LogP contribution in [0, 0.1) is 5.92 Å². The molecule has 0 radical (unpaired) electrons. The van der Waals surface area contributed by atoms with E-state index in [1.165, 1.54) is 44.2 Å². The van der Waals surface area contributed by atoms with Gasteiger partial charge in [0.05, 0.1) is 0 Å². The van der Waals surface area contributed by atoms with Crippen molar-refractivity contribution in [1.82, 2.24) is 4.90 Å². The molecule has 3 atom stereocenters. The Bertz CT molecular complexity index is 512. The summed E-state index contributed by atoms with van der Waals surface area (Å²) >= 11 is 0. The van der Waals surface area contributed by atoms with Crippen LogP contribution in [0.15, 0.2) is 18.2 Å². The van der Waals surface area contributed by atoms with Crippen molar-refractivity contribution in [2.75, 3.05) is 13.6 Å². The Labute approximate surface area is 115 Å². The van der Waals surface area contributed by atoms with E-state index in [2.05, 4.69) is 18.0 Å². The average molecular weight is 257 g/mol. The highest BCUT2D eigenvalue weighted by atomic mass is 16.3. The number of hydrogen-bond donors (Lipinski definition) is 1. The van der Waals surface area contributed by atoms with Gasteiger partial charge in [0.1, 0.15) is 5.75 Å². The first-order valence-electron chi connectivity index (χ1n) is 7.73. The van der Waals surface area contributed by atoms with Crippen molar-refractivity contribution >= 4 is 0 Å². The van der Waals surface area contributed by atoms with Crippen LogP contribution in [-0.2, 0) is 11.8 Å². The standard InChI is InChI=1S/C17H23NO/c1-18-9-8-17-7-3-2-4-15(17)16(18)11-12-10-13(19)5-6-14(12)17/h5-6,10,15-16,19H,2-4,7-9,11H2,1H3/t15-,16-,17-/m0/s1. The van der Waals surface area contributed by atoms with E-state index < -0.39 is 0 Å². The molecule has 0 unspecified atom stereocenters. The molecule has 102 valence electrons. The number of phenols is 1. The molecule has 0 spiro atoms. The molecule has 0 amide bonds. The van der Waals surface area contributed by atoms with Gasteiger partial charge in [-0.3, -0.25) is 0 Å². The monoisotopic (exact) mass is 257 g/mol. The van der Waals surface area contributed by atoms with Crippen LogP contribution in [0.3, 0.4) is 0 Å². The maximum absolute atomic E-state index is 9.80. The molecule has 1 heterocycles. The van der Waals surface area contributed by atoms with Gasteiger partial charge < -0.3 is 10.0 Å². The molecular formula is C17H23NO. The third-order valence-electron chi connectivity index (χ3n) is 6.09. The van der Waals surface area contributed by atoms with Gasteiger partial charge in [0.2, 0.25) is 0 Å². The highest BCUT2D eigenvalue weighted by Crippen LogP contribution is 2.55. The molecule has 2 fully saturated rings. The fourth-order valence-corrected chi connectivity index (χ4v) is 5.21. The third-order valence-corrected chi connectivity index (χ3v) is 6.09. The molecule has 19 heavy (non-hydrogen) atoms. The molecule has 3 aliphatic rings. The summed E-state index contributed by atoms with van der Waals surface area (Å²) < 4.78 is 0. The predicted molar refractivity (Wildman–Crippen MR) is 76.5 cm³/mol. The normalized spacial score (nSPS) is 37.5. The molecule has 4 rings (SSSR count). The van der Waals surface area contributed by atoms with E-state index in [4.69, 9.17) is 0 Å². The van der Waals surface area contributed by atoms with E-state index in [1.54, 1.807) is 5.56 Å². The number of likely N-dealkylation sites (N-methyl/N-ethyl adjacent to an activating group) is 1. The summed E-state index contributed by atoms with van der Waals surface area (Å²) in [5.74, 6) is 1.28. The predicted octanol–water partition coefficient (Wildman–Crippen LogP) is 3.08. The highest BCUT2D eigenvalue weighted by molar-refractivity contribution is 5.44. The van der Waals surface area contributed by atoms with Crippen molar-refractivity contribution in [3.63, 3.8) is 0 Å². The van der Waals surface area contributed by atoms with E-state index >= 15 is 0 Å². The number of piperidine rings is 1. The van der Waals surface area contributed by atoms with Crippen molar-refractivity contribution < 1.29 is 5.11 Å². The van der Waals surface area contributed by atoms with E-state index in [1.807, 2.05) is 12.1 Å². The van der Waals surface area contributed by atoms with Crippen LogP contribution < -0.4 is 0 Å². The van der Waals surface area contributed by atoms with Gasteiger partial charge in [0.25, 0.3) is 0 Å². The summed E-state index contributed by atoms with van der Waals surface area (Å²) in [7, 11) is 2.29. The quantitative estimate of drug-likeness (QED) is 0.772. The first-order valence-corrected chi connectivity index (χ1v) is 7.73. The minimum Gasteiger partial charge on any atom is -0.508 e. The number of benzene rings is 1. The maximum atomic E-state index is 9.80. The summed E-state index contributed by atoms with van der Waals surface area (Å²) in [6.45, 7) is 1.24. The first kappa shape index (κ1) is 11.8. The number of phenolic OH excluding ortho intramolecular Hbond substituents is 1. The number of nitrogens with zero attached hydrogens (tertiary/aromatic N) is 1. The van der Waals surface area contributed by atoms with Gasteiger partial charge in [-0.1, -0.05) is 18.9 Å². The number of fused-ring (bicyclic) bond motifs is 1. The van der Waals surface area contributed by atoms with E-state index in [-0.39, 0.29) is 0 Å². The topological polar surface area (TPSA) is 23.5 Å². The minimum absolute atomic E-state index is 0.427. The van der Waals surface area contributed by atoms with E-state index in [9.17, 15) is 5.11 Å². The Morgan fingerprint density at radius 2 is 2.16 bits per heavy atom. The smallest absolute Gasteiger partial charge is 0.115 e. The van der Waals surface area contributed by atoms with Crippen LogP contribution in [0.1, 0.15) is 43.2 Å². The number of likely N-dealkylation sites (tertiary alicyclic amines) is 1. The van der Waals surface area contributed by atoms with E-state index in [0.717, 1.165) is 12.3 Å².